The molecule has 0 aliphatic rings. The van der Waals surface area contributed by atoms with Gasteiger partial charge in [0.05, 0.1) is 5.02 Å². The molecule has 0 amide bonds. The summed E-state index contributed by atoms with van der Waals surface area (Å²) in [7, 11) is 0. The summed E-state index contributed by atoms with van der Waals surface area (Å²) in [5.74, 6) is 0. The Hall–Kier alpha value is -0.510. The van der Waals surface area contributed by atoms with Crippen molar-refractivity contribution in [2.45, 2.75) is 6.54 Å². The van der Waals surface area contributed by atoms with Crippen molar-refractivity contribution < 1.29 is 0 Å². The number of anilines is 1. The molecular formula is C13H10Br2ClN. The Morgan fingerprint density at radius 2 is 1.88 bits per heavy atom. The standard InChI is InChI=1S/C13H10Br2ClN/c14-10-3-1-2-9(6-10)8-17-11-4-5-13(16)12(15)7-11/h1-7,17H,8H2. The minimum absolute atomic E-state index is 0.720. The molecule has 17 heavy (non-hydrogen) atoms. The summed E-state index contributed by atoms with van der Waals surface area (Å²) in [5, 5.41) is 4.07. The van der Waals surface area contributed by atoms with E-state index in [1.807, 2.05) is 30.3 Å². The van der Waals surface area contributed by atoms with Gasteiger partial charge in [0.2, 0.25) is 0 Å². The van der Waals surface area contributed by atoms with Gasteiger partial charge in [0.15, 0.2) is 0 Å². The lowest BCUT2D eigenvalue weighted by Gasteiger charge is -2.08. The first-order chi connectivity index (χ1) is 8.15. The van der Waals surface area contributed by atoms with Crippen molar-refractivity contribution in [3.8, 4) is 0 Å². The second-order valence-corrected chi connectivity index (χ2v) is 5.79. The zero-order valence-corrected chi connectivity index (χ0v) is 12.8. The normalized spacial score (nSPS) is 10.3. The van der Waals surface area contributed by atoms with Crippen LogP contribution in [0.15, 0.2) is 51.4 Å². The van der Waals surface area contributed by atoms with Gasteiger partial charge in [-0.05, 0) is 51.8 Å². The van der Waals surface area contributed by atoms with Crippen LogP contribution in [0.5, 0.6) is 0 Å². The molecule has 0 spiro atoms. The van der Waals surface area contributed by atoms with Crippen molar-refractivity contribution in [2.75, 3.05) is 5.32 Å². The number of nitrogens with one attached hydrogen (secondary N) is 1. The Kier molecular flexibility index (Phi) is 4.48. The second-order valence-electron chi connectivity index (χ2n) is 3.61. The predicted molar refractivity (Wildman–Crippen MR) is 80.6 cm³/mol. The molecule has 88 valence electrons. The first-order valence-corrected chi connectivity index (χ1v) is 7.05. The molecule has 2 aromatic carbocycles. The highest BCUT2D eigenvalue weighted by atomic mass is 79.9. The molecule has 4 heteroatoms. The SMILES string of the molecule is Clc1ccc(NCc2cccc(Br)c2)cc1Br. The number of benzene rings is 2. The van der Waals surface area contributed by atoms with Gasteiger partial charge in [-0.15, -0.1) is 0 Å². The molecule has 0 aromatic heterocycles. The maximum absolute atomic E-state index is 5.94. The summed E-state index contributed by atoms with van der Waals surface area (Å²) in [6.07, 6.45) is 0. The molecule has 1 nitrogen and oxygen atoms in total. The molecule has 2 aromatic rings. The Bertz CT molecular complexity index is 529. The highest BCUT2D eigenvalue weighted by molar-refractivity contribution is 9.10. The van der Waals surface area contributed by atoms with Crippen molar-refractivity contribution in [2.24, 2.45) is 0 Å². The van der Waals surface area contributed by atoms with E-state index in [-0.39, 0.29) is 0 Å². The Balaban J connectivity index is 2.05. The molecule has 0 bridgehead atoms. The highest BCUT2D eigenvalue weighted by Crippen LogP contribution is 2.25. The fourth-order valence-electron chi connectivity index (χ4n) is 1.46. The summed E-state index contributed by atoms with van der Waals surface area (Å²) < 4.78 is 1.99. The maximum Gasteiger partial charge on any atom is 0.0549 e. The van der Waals surface area contributed by atoms with E-state index in [0.717, 1.165) is 26.2 Å². The van der Waals surface area contributed by atoms with Crippen LogP contribution in [0.4, 0.5) is 5.69 Å². The van der Waals surface area contributed by atoms with Crippen LogP contribution in [0.25, 0.3) is 0 Å². The Morgan fingerprint density at radius 1 is 1.06 bits per heavy atom. The minimum atomic E-state index is 0.720. The van der Waals surface area contributed by atoms with E-state index in [0.29, 0.717) is 0 Å². The molecule has 0 heterocycles. The minimum Gasteiger partial charge on any atom is -0.381 e. The summed E-state index contributed by atoms with van der Waals surface area (Å²) in [5.41, 5.74) is 2.27. The van der Waals surface area contributed by atoms with Crippen molar-refractivity contribution in [1.29, 1.82) is 0 Å². The van der Waals surface area contributed by atoms with Crippen molar-refractivity contribution in [3.05, 3.63) is 62.0 Å². The Morgan fingerprint density at radius 3 is 2.59 bits per heavy atom. The molecule has 1 N–H and O–H groups in total. The fraction of sp³-hybridized carbons (Fsp3) is 0.0769. The van der Waals surface area contributed by atoms with Gasteiger partial charge in [0.25, 0.3) is 0 Å². The first-order valence-electron chi connectivity index (χ1n) is 5.08. The van der Waals surface area contributed by atoms with Crippen LogP contribution in [0.1, 0.15) is 5.56 Å². The molecule has 2 rings (SSSR count). The number of halogens is 3. The van der Waals surface area contributed by atoms with Gasteiger partial charge in [-0.3, -0.25) is 0 Å². The molecule has 0 radical (unpaired) electrons. The fourth-order valence-corrected chi connectivity index (χ4v) is 2.40. The monoisotopic (exact) mass is 373 g/mol. The third-order valence-corrected chi connectivity index (χ3v) is 4.01. The van der Waals surface area contributed by atoms with Crippen LogP contribution >= 0.6 is 43.5 Å². The van der Waals surface area contributed by atoms with Gasteiger partial charge in [-0.1, -0.05) is 39.7 Å². The highest BCUT2D eigenvalue weighted by Gasteiger charge is 1.99. The van der Waals surface area contributed by atoms with Gasteiger partial charge in [0, 0.05) is 21.2 Å². The van der Waals surface area contributed by atoms with E-state index in [2.05, 4.69) is 49.3 Å². The van der Waals surface area contributed by atoms with E-state index in [4.69, 9.17) is 11.6 Å². The summed E-state index contributed by atoms with van der Waals surface area (Å²) in [6.45, 7) is 0.785. The first kappa shape index (κ1) is 12.9. The molecule has 0 aliphatic carbocycles. The van der Waals surface area contributed by atoms with Crippen LogP contribution in [-0.4, -0.2) is 0 Å². The Labute approximate surface area is 122 Å². The average Bonchev–Trinajstić information content (AvgIpc) is 2.31. The van der Waals surface area contributed by atoms with Crippen molar-refractivity contribution in [3.63, 3.8) is 0 Å². The second kappa shape index (κ2) is 5.89. The zero-order chi connectivity index (χ0) is 12.3. The molecule has 0 atom stereocenters. The smallest absolute Gasteiger partial charge is 0.0549 e. The van der Waals surface area contributed by atoms with E-state index in [1.54, 1.807) is 0 Å². The lowest BCUT2D eigenvalue weighted by atomic mass is 10.2. The third-order valence-electron chi connectivity index (χ3n) is 2.31. The summed E-state index contributed by atoms with van der Waals surface area (Å²) in [6, 6.07) is 14.0. The lowest BCUT2D eigenvalue weighted by molar-refractivity contribution is 1.15. The lowest BCUT2D eigenvalue weighted by Crippen LogP contribution is -1.99. The van der Waals surface area contributed by atoms with E-state index < -0.39 is 0 Å². The van der Waals surface area contributed by atoms with E-state index in [9.17, 15) is 0 Å². The third kappa shape index (κ3) is 3.73. The molecule has 0 saturated heterocycles. The average molecular weight is 375 g/mol. The van der Waals surface area contributed by atoms with Crippen LogP contribution in [0.3, 0.4) is 0 Å². The molecule has 0 fully saturated rings. The van der Waals surface area contributed by atoms with Crippen LogP contribution in [-0.2, 0) is 6.54 Å². The predicted octanol–water partition coefficient (Wildman–Crippen LogP) is 5.48. The molecule has 0 aliphatic heterocycles. The van der Waals surface area contributed by atoms with Gasteiger partial charge in [0.1, 0.15) is 0 Å². The zero-order valence-electron chi connectivity index (χ0n) is 8.88. The summed E-state index contributed by atoms with van der Waals surface area (Å²) >= 11 is 12.8. The number of hydrogen-bond acceptors (Lipinski definition) is 1. The van der Waals surface area contributed by atoms with E-state index in [1.165, 1.54) is 5.56 Å². The van der Waals surface area contributed by atoms with Gasteiger partial charge < -0.3 is 5.32 Å². The summed E-state index contributed by atoms with van der Waals surface area (Å²) in [4.78, 5) is 0. The topological polar surface area (TPSA) is 12.0 Å². The maximum atomic E-state index is 5.94. The molecule has 0 unspecified atom stereocenters. The van der Waals surface area contributed by atoms with Gasteiger partial charge in [-0.25, -0.2) is 0 Å². The van der Waals surface area contributed by atoms with Crippen molar-refractivity contribution in [1.82, 2.24) is 0 Å². The molecule has 0 saturated carbocycles. The quantitative estimate of drug-likeness (QED) is 0.749. The largest absolute Gasteiger partial charge is 0.381 e. The number of rotatable bonds is 3. The van der Waals surface area contributed by atoms with Crippen LogP contribution < -0.4 is 5.32 Å². The van der Waals surface area contributed by atoms with Crippen LogP contribution in [0.2, 0.25) is 5.02 Å². The van der Waals surface area contributed by atoms with E-state index >= 15 is 0 Å². The number of hydrogen-bond donors (Lipinski definition) is 1. The van der Waals surface area contributed by atoms with Gasteiger partial charge in [-0.2, -0.15) is 0 Å². The molecular weight excluding hydrogens is 365 g/mol. The van der Waals surface area contributed by atoms with Crippen LogP contribution in [0, 0.1) is 0 Å². The van der Waals surface area contributed by atoms with Gasteiger partial charge >= 0.3 is 0 Å². The van der Waals surface area contributed by atoms with Crippen molar-refractivity contribution >= 4 is 49.1 Å².